The van der Waals surface area contributed by atoms with E-state index < -0.39 is 10.0 Å². The van der Waals surface area contributed by atoms with Crippen LogP contribution in [0.4, 0.5) is 0 Å². The standard InChI is InChI=1S/C10H24N2O3S/c1-5-12(6-2)16(13,14)8-7-11-10(3)9-15-4/h10-11H,5-9H2,1-4H3. The molecule has 0 rings (SSSR count). The fraction of sp³-hybridized carbons (Fsp3) is 1.00. The van der Waals surface area contributed by atoms with Crippen molar-refractivity contribution in [1.29, 1.82) is 0 Å². The zero-order valence-electron chi connectivity index (χ0n) is 10.7. The summed E-state index contributed by atoms with van der Waals surface area (Å²) < 4.78 is 30.0. The molecule has 1 N–H and O–H groups in total. The molecule has 0 spiro atoms. The summed E-state index contributed by atoms with van der Waals surface area (Å²) in [5.41, 5.74) is 0. The third-order valence-corrected chi connectivity index (χ3v) is 4.39. The summed E-state index contributed by atoms with van der Waals surface area (Å²) in [6.45, 7) is 7.78. The van der Waals surface area contributed by atoms with Gasteiger partial charge in [-0.25, -0.2) is 12.7 Å². The number of methoxy groups -OCH3 is 1. The van der Waals surface area contributed by atoms with E-state index in [1.807, 2.05) is 20.8 Å². The van der Waals surface area contributed by atoms with Crippen molar-refractivity contribution >= 4 is 10.0 Å². The number of rotatable bonds is 9. The molecule has 0 amide bonds. The second-order valence-corrected chi connectivity index (χ2v) is 5.80. The zero-order valence-corrected chi connectivity index (χ0v) is 11.5. The largest absolute Gasteiger partial charge is 0.383 e. The molecule has 0 aromatic rings. The molecule has 0 aromatic heterocycles. The van der Waals surface area contributed by atoms with Gasteiger partial charge in [0.1, 0.15) is 0 Å². The van der Waals surface area contributed by atoms with Gasteiger partial charge in [0.05, 0.1) is 12.4 Å². The van der Waals surface area contributed by atoms with Crippen LogP contribution in [-0.2, 0) is 14.8 Å². The number of sulfonamides is 1. The van der Waals surface area contributed by atoms with Gasteiger partial charge < -0.3 is 10.1 Å². The zero-order chi connectivity index (χ0) is 12.6. The fourth-order valence-corrected chi connectivity index (χ4v) is 2.91. The van der Waals surface area contributed by atoms with Crippen LogP contribution < -0.4 is 5.32 Å². The third kappa shape index (κ3) is 5.79. The minimum Gasteiger partial charge on any atom is -0.383 e. The Balaban J connectivity index is 4.00. The number of nitrogens with one attached hydrogen (secondary N) is 1. The van der Waals surface area contributed by atoms with E-state index in [1.54, 1.807) is 7.11 Å². The second kappa shape index (κ2) is 8.00. The number of nitrogens with zero attached hydrogens (tertiary/aromatic N) is 1. The van der Waals surface area contributed by atoms with Crippen molar-refractivity contribution < 1.29 is 13.2 Å². The van der Waals surface area contributed by atoms with E-state index in [-0.39, 0.29) is 11.8 Å². The van der Waals surface area contributed by atoms with Crippen molar-refractivity contribution in [3.63, 3.8) is 0 Å². The molecule has 0 aliphatic rings. The van der Waals surface area contributed by atoms with Gasteiger partial charge in [-0.05, 0) is 6.92 Å². The molecule has 0 fully saturated rings. The summed E-state index contributed by atoms with van der Waals surface area (Å²) in [6, 6.07) is 0.178. The van der Waals surface area contributed by atoms with Crippen LogP contribution in [0.2, 0.25) is 0 Å². The maximum absolute atomic E-state index is 11.8. The highest BCUT2D eigenvalue weighted by Crippen LogP contribution is 1.99. The first-order valence-electron chi connectivity index (χ1n) is 5.68. The van der Waals surface area contributed by atoms with Crippen molar-refractivity contribution in [2.45, 2.75) is 26.8 Å². The number of hydrogen-bond donors (Lipinski definition) is 1. The quantitative estimate of drug-likeness (QED) is 0.640. The highest BCUT2D eigenvalue weighted by molar-refractivity contribution is 7.89. The van der Waals surface area contributed by atoms with Gasteiger partial charge in [0.2, 0.25) is 10.0 Å². The van der Waals surface area contributed by atoms with Crippen LogP contribution in [-0.4, -0.2) is 57.9 Å². The minimum atomic E-state index is -3.10. The summed E-state index contributed by atoms with van der Waals surface area (Å²) in [5.74, 6) is 0.142. The van der Waals surface area contributed by atoms with Crippen molar-refractivity contribution in [3.8, 4) is 0 Å². The number of ether oxygens (including phenoxy) is 1. The molecule has 6 heteroatoms. The van der Waals surface area contributed by atoms with E-state index >= 15 is 0 Å². The Morgan fingerprint density at radius 3 is 2.31 bits per heavy atom. The molecule has 1 unspecified atom stereocenters. The summed E-state index contributed by atoms with van der Waals surface area (Å²) in [4.78, 5) is 0. The lowest BCUT2D eigenvalue weighted by atomic mass is 10.4. The molecule has 1 atom stereocenters. The average molecular weight is 252 g/mol. The van der Waals surface area contributed by atoms with E-state index in [0.717, 1.165) is 0 Å². The molecule has 0 saturated carbocycles. The van der Waals surface area contributed by atoms with Gasteiger partial charge in [-0.3, -0.25) is 0 Å². The molecular weight excluding hydrogens is 228 g/mol. The van der Waals surface area contributed by atoms with Crippen LogP contribution in [0.25, 0.3) is 0 Å². The molecule has 0 heterocycles. The average Bonchev–Trinajstić information content (AvgIpc) is 2.19. The van der Waals surface area contributed by atoms with E-state index in [4.69, 9.17) is 4.74 Å². The molecule has 0 aromatic carbocycles. The van der Waals surface area contributed by atoms with E-state index in [9.17, 15) is 8.42 Å². The molecule has 0 saturated heterocycles. The van der Waals surface area contributed by atoms with Crippen molar-refractivity contribution in [2.75, 3.05) is 39.1 Å². The Labute approximate surface area is 99.2 Å². The lowest BCUT2D eigenvalue weighted by Gasteiger charge is -2.19. The Morgan fingerprint density at radius 1 is 1.31 bits per heavy atom. The SMILES string of the molecule is CCN(CC)S(=O)(=O)CCNC(C)COC. The molecule has 0 aliphatic heterocycles. The third-order valence-electron chi connectivity index (χ3n) is 2.37. The first-order chi connectivity index (χ1) is 7.47. The molecule has 98 valence electrons. The normalized spacial score (nSPS) is 14.3. The van der Waals surface area contributed by atoms with Gasteiger partial charge in [-0.1, -0.05) is 13.8 Å². The summed E-state index contributed by atoms with van der Waals surface area (Å²) in [7, 11) is -1.47. The first-order valence-corrected chi connectivity index (χ1v) is 7.29. The summed E-state index contributed by atoms with van der Waals surface area (Å²) in [5, 5.41) is 3.11. The van der Waals surface area contributed by atoms with Crippen molar-refractivity contribution in [2.24, 2.45) is 0 Å². The highest BCUT2D eigenvalue weighted by Gasteiger charge is 2.18. The fourth-order valence-electron chi connectivity index (χ4n) is 1.49. The molecule has 0 aliphatic carbocycles. The number of hydrogen-bond acceptors (Lipinski definition) is 4. The topological polar surface area (TPSA) is 58.6 Å². The van der Waals surface area contributed by atoms with Crippen LogP contribution in [0.1, 0.15) is 20.8 Å². The predicted molar refractivity (Wildman–Crippen MR) is 66.0 cm³/mol. The van der Waals surface area contributed by atoms with Gasteiger partial charge in [-0.2, -0.15) is 0 Å². The monoisotopic (exact) mass is 252 g/mol. The minimum absolute atomic E-state index is 0.142. The molecule has 16 heavy (non-hydrogen) atoms. The van der Waals surface area contributed by atoms with E-state index in [2.05, 4.69) is 5.32 Å². The van der Waals surface area contributed by atoms with Gasteiger partial charge in [-0.15, -0.1) is 0 Å². The Morgan fingerprint density at radius 2 is 1.88 bits per heavy atom. The molecule has 0 bridgehead atoms. The maximum Gasteiger partial charge on any atom is 0.215 e. The first kappa shape index (κ1) is 15.8. The van der Waals surface area contributed by atoms with Crippen LogP contribution in [0, 0.1) is 0 Å². The van der Waals surface area contributed by atoms with Crippen LogP contribution in [0.15, 0.2) is 0 Å². The highest BCUT2D eigenvalue weighted by atomic mass is 32.2. The van der Waals surface area contributed by atoms with Crippen LogP contribution >= 0.6 is 0 Å². The Bertz CT molecular complexity index is 263. The second-order valence-electron chi connectivity index (χ2n) is 3.71. The Kier molecular flexibility index (Phi) is 7.91. The summed E-state index contributed by atoms with van der Waals surface area (Å²) >= 11 is 0. The summed E-state index contributed by atoms with van der Waals surface area (Å²) in [6.07, 6.45) is 0. The van der Waals surface area contributed by atoms with E-state index in [1.165, 1.54) is 4.31 Å². The van der Waals surface area contributed by atoms with Gasteiger partial charge in [0.15, 0.2) is 0 Å². The maximum atomic E-state index is 11.8. The lowest BCUT2D eigenvalue weighted by molar-refractivity contribution is 0.173. The smallest absolute Gasteiger partial charge is 0.215 e. The van der Waals surface area contributed by atoms with Crippen molar-refractivity contribution in [1.82, 2.24) is 9.62 Å². The van der Waals surface area contributed by atoms with Gasteiger partial charge >= 0.3 is 0 Å². The van der Waals surface area contributed by atoms with Gasteiger partial charge in [0.25, 0.3) is 0 Å². The predicted octanol–water partition coefficient (Wildman–Crippen LogP) is 0.283. The van der Waals surface area contributed by atoms with Crippen LogP contribution in [0.5, 0.6) is 0 Å². The van der Waals surface area contributed by atoms with E-state index in [0.29, 0.717) is 26.2 Å². The molecule has 5 nitrogen and oxygen atoms in total. The molecular formula is C10H24N2O3S. The lowest BCUT2D eigenvalue weighted by Crippen LogP contribution is -2.39. The van der Waals surface area contributed by atoms with Gasteiger partial charge in [0, 0.05) is 32.8 Å². The van der Waals surface area contributed by atoms with Crippen LogP contribution in [0.3, 0.4) is 0 Å². The Hall–Kier alpha value is -0.170. The molecule has 0 radical (unpaired) electrons. The van der Waals surface area contributed by atoms with Crippen molar-refractivity contribution in [3.05, 3.63) is 0 Å².